The molecule has 0 atom stereocenters. The minimum atomic E-state index is -3.78. The highest BCUT2D eigenvalue weighted by molar-refractivity contribution is 7.89. The number of rotatable bonds is 9. The first-order chi connectivity index (χ1) is 18.7. The van der Waals surface area contributed by atoms with Crippen molar-refractivity contribution in [1.29, 1.82) is 0 Å². The molecule has 0 spiro atoms. The van der Waals surface area contributed by atoms with Crippen LogP contribution >= 0.6 is 11.3 Å². The van der Waals surface area contributed by atoms with Crippen LogP contribution in [-0.2, 0) is 10.0 Å². The summed E-state index contributed by atoms with van der Waals surface area (Å²) in [6.07, 6.45) is 3.01. The average molecular weight is 559 g/mol. The summed E-state index contributed by atoms with van der Waals surface area (Å²) in [6.45, 7) is 7.51. The van der Waals surface area contributed by atoms with E-state index in [2.05, 4.69) is 23.5 Å². The Bertz CT molecular complexity index is 1720. The van der Waals surface area contributed by atoms with E-state index in [0.29, 0.717) is 37.7 Å². The van der Waals surface area contributed by atoms with Crippen molar-refractivity contribution in [3.05, 3.63) is 109 Å². The van der Waals surface area contributed by atoms with Gasteiger partial charge in [-0.05, 0) is 54.6 Å². The normalized spacial score (nSPS) is 13.1. The van der Waals surface area contributed by atoms with Crippen LogP contribution in [0.2, 0.25) is 0 Å². The maximum Gasteiger partial charge on any atom is 0.266 e. The van der Waals surface area contributed by atoms with E-state index in [9.17, 15) is 22.8 Å². The fraction of sp³-hybridized carbons (Fsp3) is 0.0714. The molecule has 5 rings (SSSR count). The number of sulfonamides is 1. The predicted octanol–water partition coefficient (Wildman–Crippen LogP) is 4.71. The lowest BCUT2D eigenvalue weighted by Gasteiger charge is -2.18. The highest BCUT2D eigenvalue weighted by atomic mass is 32.2. The van der Waals surface area contributed by atoms with E-state index >= 15 is 0 Å². The summed E-state index contributed by atoms with van der Waals surface area (Å²) in [7, 11) is -3.78. The summed E-state index contributed by atoms with van der Waals surface area (Å²) in [4.78, 5) is 43.9. The second-order valence-electron chi connectivity index (χ2n) is 8.54. The van der Waals surface area contributed by atoms with Crippen molar-refractivity contribution in [3.8, 4) is 0 Å². The lowest BCUT2D eigenvalue weighted by molar-refractivity contribution is 0.0925. The zero-order valence-corrected chi connectivity index (χ0v) is 22.2. The van der Waals surface area contributed by atoms with Crippen LogP contribution in [0.25, 0.3) is 10.2 Å². The molecule has 2 heterocycles. The Hall–Kier alpha value is -4.45. The van der Waals surface area contributed by atoms with Crippen LogP contribution in [-0.4, -0.2) is 48.5 Å². The molecule has 4 aromatic rings. The molecular weight excluding hydrogens is 536 g/mol. The predicted molar refractivity (Wildman–Crippen MR) is 151 cm³/mol. The summed E-state index contributed by atoms with van der Waals surface area (Å²) in [5.74, 6) is -1.28. The third kappa shape index (κ3) is 4.78. The molecule has 1 N–H and O–H groups in total. The minimum absolute atomic E-state index is 0.101. The van der Waals surface area contributed by atoms with Gasteiger partial charge in [0.15, 0.2) is 5.13 Å². The molecule has 1 aromatic heterocycles. The van der Waals surface area contributed by atoms with Crippen molar-refractivity contribution in [1.82, 2.24) is 9.29 Å². The summed E-state index contributed by atoms with van der Waals surface area (Å²) in [5.41, 5.74) is 1.86. The summed E-state index contributed by atoms with van der Waals surface area (Å²) in [5, 5.41) is 3.02. The molecule has 3 amide bonds. The van der Waals surface area contributed by atoms with Gasteiger partial charge in [0.2, 0.25) is 10.0 Å². The van der Waals surface area contributed by atoms with E-state index in [1.807, 2.05) is 0 Å². The number of fused-ring (bicyclic) bond motifs is 2. The van der Waals surface area contributed by atoms with Crippen LogP contribution in [0, 0.1) is 0 Å². The fourth-order valence-electron chi connectivity index (χ4n) is 4.18. The number of carbonyl (C=O) groups excluding carboxylic acids is 3. The number of thiazole rings is 1. The molecule has 1 aliphatic rings. The summed E-state index contributed by atoms with van der Waals surface area (Å²) in [6, 6.07) is 17.3. The monoisotopic (exact) mass is 558 g/mol. The highest BCUT2D eigenvalue weighted by Crippen LogP contribution is 2.31. The van der Waals surface area contributed by atoms with Gasteiger partial charge in [0.05, 0.1) is 31.9 Å². The molecule has 9 nitrogen and oxygen atoms in total. The zero-order chi connectivity index (χ0) is 27.7. The summed E-state index contributed by atoms with van der Waals surface area (Å²) < 4.78 is 27.9. The van der Waals surface area contributed by atoms with Gasteiger partial charge in [-0.3, -0.25) is 19.7 Å². The molecule has 0 fully saturated rings. The Morgan fingerprint density at radius 2 is 1.56 bits per heavy atom. The Morgan fingerprint density at radius 3 is 2.15 bits per heavy atom. The molecular formula is C28H22N4O5S2. The van der Waals surface area contributed by atoms with Gasteiger partial charge in [0.1, 0.15) is 0 Å². The number of nitrogens with one attached hydrogen (secondary N) is 1. The maximum absolute atomic E-state index is 13.1. The molecule has 3 aromatic carbocycles. The Labute approximate surface area is 228 Å². The van der Waals surface area contributed by atoms with Gasteiger partial charge >= 0.3 is 0 Å². The molecule has 0 bridgehead atoms. The first-order valence-corrected chi connectivity index (χ1v) is 14.0. The first kappa shape index (κ1) is 26.2. The van der Waals surface area contributed by atoms with Crippen LogP contribution < -0.4 is 10.2 Å². The van der Waals surface area contributed by atoms with Gasteiger partial charge in [-0.2, -0.15) is 4.31 Å². The smallest absolute Gasteiger partial charge is 0.266 e. The van der Waals surface area contributed by atoms with Crippen LogP contribution in [0.5, 0.6) is 0 Å². The number of nitrogens with zero attached hydrogens (tertiary/aromatic N) is 3. The lowest BCUT2D eigenvalue weighted by atomic mass is 10.1. The zero-order valence-electron chi connectivity index (χ0n) is 20.5. The SMILES string of the molecule is C=CCN(CC=C)S(=O)(=O)c1ccc2nc(NC(=O)c3ccc(N4C(=O)c5ccccc5C4=O)cc3)sc2c1. The van der Waals surface area contributed by atoms with Gasteiger partial charge in [-0.25, -0.2) is 18.3 Å². The van der Waals surface area contributed by atoms with Gasteiger partial charge in [0.25, 0.3) is 17.7 Å². The fourth-order valence-corrected chi connectivity index (χ4v) is 6.56. The third-order valence-corrected chi connectivity index (χ3v) is 8.83. The molecule has 0 saturated heterocycles. The van der Waals surface area contributed by atoms with Crippen molar-refractivity contribution < 1.29 is 22.8 Å². The second kappa shape index (κ2) is 10.4. The minimum Gasteiger partial charge on any atom is -0.298 e. The molecule has 0 radical (unpaired) electrons. The number of anilines is 2. The van der Waals surface area contributed by atoms with Gasteiger partial charge in [-0.1, -0.05) is 35.6 Å². The van der Waals surface area contributed by atoms with Crippen molar-refractivity contribution in [3.63, 3.8) is 0 Å². The molecule has 11 heteroatoms. The molecule has 0 saturated carbocycles. The Kier molecular flexibility index (Phi) is 6.96. The van der Waals surface area contributed by atoms with E-state index in [1.54, 1.807) is 30.3 Å². The number of hydrogen-bond donors (Lipinski definition) is 1. The maximum atomic E-state index is 13.1. The van der Waals surface area contributed by atoms with Crippen molar-refractivity contribution in [2.45, 2.75) is 4.90 Å². The van der Waals surface area contributed by atoms with Crippen LogP contribution in [0.4, 0.5) is 10.8 Å². The number of amides is 3. The van der Waals surface area contributed by atoms with Crippen molar-refractivity contribution in [2.24, 2.45) is 0 Å². The second-order valence-corrected chi connectivity index (χ2v) is 11.5. The molecule has 0 aliphatic carbocycles. The standard InChI is InChI=1S/C28H22N4O5S2/c1-3-15-31(16-4-2)39(36,37)20-13-14-23-24(17-20)38-28(29-23)30-25(33)18-9-11-19(12-10-18)32-26(34)21-7-5-6-8-22(21)27(32)35/h3-14,17H,1-2,15-16H2,(H,29,30,33). The first-order valence-electron chi connectivity index (χ1n) is 11.8. The highest BCUT2D eigenvalue weighted by Gasteiger charge is 2.36. The lowest BCUT2D eigenvalue weighted by Crippen LogP contribution is -2.31. The quantitative estimate of drug-likeness (QED) is 0.235. The third-order valence-electron chi connectivity index (χ3n) is 6.07. The number of benzene rings is 3. The van der Waals surface area contributed by atoms with E-state index in [0.717, 1.165) is 16.2 Å². The average Bonchev–Trinajstić information content (AvgIpc) is 3.45. The van der Waals surface area contributed by atoms with Crippen molar-refractivity contribution >= 4 is 60.1 Å². The van der Waals surface area contributed by atoms with Gasteiger partial charge < -0.3 is 0 Å². The number of aromatic nitrogens is 1. The number of hydrogen-bond acceptors (Lipinski definition) is 7. The summed E-state index contributed by atoms with van der Waals surface area (Å²) >= 11 is 1.14. The molecule has 1 aliphatic heterocycles. The molecule has 39 heavy (non-hydrogen) atoms. The van der Waals surface area contributed by atoms with E-state index < -0.39 is 27.7 Å². The number of imide groups is 1. The van der Waals surface area contributed by atoms with Crippen LogP contribution in [0.15, 0.2) is 96.9 Å². The largest absolute Gasteiger partial charge is 0.298 e. The Morgan fingerprint density at radius 1 is 0.949 bits per heavy atom. The van der Waals surface area contributed by atoms with Gasteiger partial charge in [0, 0.05) is 18.7 Å². The van der Waals surface area contributed by atoms with E-state index in [4.69, 9.17) is 0 Å². The van der Waals surface area contributed by atoms with Crippen LogP contribution in [0.3, 0.4) is 0 Å². The van der Waals surface area contributed by atoms with Crippen LogP contribution in [0.1, 0.15) is 31.1 Å². The topological polar surface area (TPSA) is 117 Å². The van der Waals surface area contributed by atoms with Gasteiger partial charge in [-0.15, -0.1) is 13.2 Å². The molecule has 196 valence electrons. The Balaban J connectivity index is 1.33. The van der Waals surface area contributed by atoms with Crippen molar-refractivity contribution in [2.75, 3.05) is 23.3 Å². The van der Waals surface area contributed by atoms with E-state index in [-0.39, 0.29) is 18.0 Å². The number of carbonyl (C=O) groups is 3. The van der Waals surface area contributed by atoms with E-state index in [1.165, 1.54) is 52.9 Å². The molecule has 0 unspecified atom stereocenters.